The number of aryl methyl sites for hydroxylation is 2. The van der Waals surface area contributed by atoms with E-state index in [9.17, 15) is 18.0 Å². The zero-order valence-corrected chi connectivity index (χ0v) is 16.7. The minimum absolute atomic E-state index is 0.0314. The van der Waals surface area contributed by atoms with Crippen LogP contribution in [0.25, 0.3) is 0 Å². The van der Waals surface area contributed by atoms with Crippen molar-refractivity contribution in [3.8, 4) is 5.75 Å². The van der Waals surface area contributed by atoms with Gasteiger partial charge in [-0.1, -0.05) is 17.7 Å². The van der Waals surface area contributed by atoms with Crippen molar-refractivity contribution < 1.29 is 22.7 Å². The topological polar surface area (TPSA) is 102 Å². The Bertz CT molecular complexity index is 1050. The minimum atomic E-state index is -3.76. The van der Waals surface area contributed by atoms with E-state index in [1.165, 1.54) is 25.1 Å². The first-order valence-corrected chi connectivity index (χ1v) is 10.4. The Morgan fingerprint density at radius 2 is 1.96 bits per heavy atom. The molecule has 2 aromatic carbocycles. The van der Waals surface area contributed by atoms with Gasteiger partial charge in [-0.25, -0.2) is 8.42 Å². The van der Waals surface area contributed by atoms with Crippen LogP contribution in [0.15, 0.2) is 41.3 Å². The van der Waals surface area contributed by atoms with Crippen LogP contribution in [0.3, 0.4) is 0 Å². The molecule has 2 aromatic rings. The van der Waals surface area contributed by atoms with Crippen molar-refractivity contribution in [3.63, 3.8) is 0 Å². The number of benzene rings is 2. The third kappa shape index (κ3) is 4.17. The van der Waals surface area contributed by atoms with E-state index in [4.69, 9.17) is 4.74 Å². The van der Waals surface area contributed by atoms with Crippen LogP contribution in [-0.2, 0) is 19.4 Å². The van der Waals surface area contributed by atoms with Gasteiger partial charge in [0.25, 0.3) is 5.91 Å². The van der Waals surface area contributed by atoms with Crippen LogP contribution in [0.2, 0.25) is 0 Å². The number of sulfone groups is 1. The van der Waals surface area contributed by atoms with Crippen LogP contribution in [0.1, 0.15) is 24.5 Å². The molecule has 0 radical (unpaired) electrons. The lowest BCUT2D eigenvalue weighted by Gasteiger charge is -2.19. The molecule has 1 aliphatic heterocycles. The standard InChI is InChI=1S/C20H22N2O5S/c1-12-4-6-16(13(2)8-12)21-19(23)9-14(3)28(25,26)15-5-7-18-17(10-15)22-20(24)11-27-18/h4-8,10,14H,9,11H2,1-3H3,(H,21,23)(H,22,24)/t14-/m1/s1. The number of rotatable bonds is 5. The lowest BCUT2D eigenvalue weighted by Crippen LogP contribution is -2.27. The van der Waals surface area contributed by atoms with Crippen molar-refractivity contribution in [1.29, 1.82) is 0 Å². The van der Waals surface area contributed by atoms with Crippen molar-refractivity contribution in [3.05, 3.63) is 47.5 Å². The monoisotopic (exact) mass is 402 g/mol. The molecule has 28 heavy (non-hydrogen) atoms. The molecule has 0 fully saturated rings. The molecule has 3 rings (SSSR count). The van der Waals surface area contributed by atoms with E-state index in [1.54, 1.807) is 6.07 Å². The summed E-state index contributed by atoms with van der Waals surface area (Å²) >= 11 is 0. The number of amides is 2. The fourth-order valence-corrected chi connectivity index (χ4v) is 4.37. The highest BCUT2D eigenvalue weighted by Crippen LogP contribution is 2.31. The zero-order valence-electron chi connectivity index (χ0n) is 15.9. The van der Waals surface area contributed by atoms with Gasteiger partial charge < -0.3 is 15.4 Å². The van der Waals surface area contributed by atoms with Crippen LogP contribution in [0, 0.1) is 13.8 Å². The van der Waals surface area contributed by atoms with E-state index in [0.29, 0.717) is 17.1 Å². The molecule has 2 N–H and O–H groups in total. The van der Waals surface area contributed by atoms with Crippen molar-refractivity contribution in [2.75, 3.05) is 17.2 Å². The Balaban J connectivity index is 1.74. The average Bonchev–Trinajstić information content (AvgIpc) is 2.63. The summed E-state index contributed by atoms with van der Waals surface area (Å²) in [4.78, 5) is 23.8. The van der Waals surface area contributed by atoms with Gasteiger partial charge in [0.2, 0.25) is 5.91 Å². The van der Waals surface area contributed by atoms with Gasteiger partial charge in [-0.3, -0.25) is 9.59 Å². The summed E-state index contributed by atoms with van der Waals surface area (Å²) in [7, 11) is -3.76. The van der Waals surface area contributed by atoms with Gasteiger partial charge in [-0.15, -0.1) is 0 Å². The quantitative estimate of drug-likeness (QED) is 0.801. The molecule has 0 bridgehead atoms. The zero-order chi connectivity index (χ0) is 20.5. The van der Waals surface area contributed by atoms with Crippen molar-refractivity contribution >= 4 is 33.0 Å². The van der Waals surface area contributed by atoms with Gasteiger partial charge in [0.15, 0.2) is 16.4 Å². The fourth-order valence-electron chi connectivity index (χ4n) is 3.00. The van der Waals surface area contributed by atoms with Gasteiger partial charge >= 0.3 is 0 Å². The molecule has 0 aromatic heterocycles. The number of nitrogens with one attached hydrogen (secondary N) is 2. The van der Waals surface area contributed by atoms with E-state index >= 15 is 0 Å². The molecule has 0 unspecified atom stereocenters. The largest absolute Gasteiger partial charge is 0.482 e. The van der Waals surface area contributed by atoms with Crippen LogP contribution in [0.5, 0.6) is 5.75 Å². The highest BCUT2D eigenvalue weighted by atomic mass is 32.2. The fraction of sp³-hybridized carbons (Fsp3) is 0.300. The Morgan fingerprint density at radius 3 is 2.68 bits per heavy atom. The number of hydrogen-bond acceptors (Lipinski definition) is 5. The van der Waals surface area contributed by atoms with Crippen LogP contribution in [-0.4, -0.2) is 32.1 Å². The molecule has 148 valence electrons. The summed E-state index contributed by atoms with van der Waals surface area (Å²) in [5.41, 5.74) is 2.96. The van der Waals surface area contributed by atoms with Crippen LogP contribution >= 0.6 is 0 Å². The molecule has 8 heteroatoms. The van der Waals surface area contributed by atoms with Crippen LogP contribution < -0.4 is 15.4 Å². The lowest BCUT2D eigenvalue weighted by molar-refractivity contribution is -0.118. The summed E-state index contributed by atoms with van der Waals surface area (Å²) in [6.45, 7) is 5.23. The first kappa shape index (κ1) is 19.9. The van der Waals surface area contributed by atoms with E-state index in [-0.39, 0.29) is 29.7 Å². The van der Waals surface area contributed by atoms with Gasteiger partial charge in [0, 0.05) is 12.1 Å². The van der Waals surface area contributed by atoms with Gasteiger partial charge in [-0.2, -0.15) is 0 Å². The van der Waals surface area contributed by atoms with Crippen molar-refractivity contribution in [2.45, 2.75) is 37.3 Å². The maximum atomic E-state index is 12.9. The number of anilines is 2. The molecular formula is C20H22N2O5S. The normalized spacial score (nSPS) is 14.5. The summed E-state index contributed by atoms with van der Waals surface area (Å²) in [6.07, 6.45) is -0.185. The molecular weight excluding hydrogens is 380 g/mol. The van der Waals surface area contributed by atoms with E-state index in [1.807, 2.05) is 26.0 Å². The second-order valence-electron chi connectivity index (χ2n) is 6.92. The highest BCUT2D eigenvalue weighted by Gasteiger charge is 2.28. The number of fused-ring (bicyclic) bond motifs is 1. The SMILES string of the molecule is Cc1ccc(NC(=O)C[C@@H](C)S(=O)(=O)c2ccc3c(c2)NC(=O)CO3)c(C)c1. The van der Waals surface area contributed by atoms with Gasteiger partial charge in [0.1, 0.15) is 5.75 Å². The van der Waals surface area contributed by atoms with E-state index < -0.39 is 15.1 Å². The second kappa shape index (κ2) is 7.63. The third-order valence-electron chi connectivity index (χ3n) is 4.57. The first-order valence-electron chi connectivity index (χ1n) is 8.84. The molecule has 1 heterocycles. The Kier molecular flexibility index (Phi) is 5.42. The molecule has 2 amide bonds. The number of carbonyl (C=O) groups is 2. The summed E-state index contributed by atoms with van der Waals surface area (Å²) in [5, 5.41) is 4.42. The van der Waals surface area contributed by atoms with E-state index in [0.717, 1.165) is 11.1 Å². The first-order chi connectivity index (χ1) is 13.2. The number of hydrogen-bond donors (Lipinski definition) is 2. The lowest BCUT2D eigenvalue weighted by atomic mass is 10.1. The minimum Gasteiger partial charge on any atom is -0.482 e. The molecule has 0 spiro atoms. The Morgan fingerprint density at radius 1 is 1.21 bits per heavy atom. The van der Waals surface area contributed by atoms with Gasteiger partial charge in [0.05, 0.1) is 15.8 Å². The smallest absolute Gasteiger partial charge is 0.262 e. The molecule has 0 saturated carbocycles. The third-order valence-corrected chi connectivity index (χ3v) is 6.71. The molecule has 1 atom stereocenters. The molecule has 1 aliphatic rings. The predicted octanol–water partition coefficient (Wildman–Crippen LogP) is 2.83. The highest BCUT2D eigenvalue weighted by molar-refractivity contribution is 7.92. The summed E-state index contributed by atoms with van der Waals surface area (Å²) in [5.74, 6) is -0.306. The van der Waals surface area contributed by atoms with Crippen molar-refractivity contribution in [1.82, 2.24) is 0 Å². The van der Waals surface area contributed by atoms with Crippen LogP contribution in [0.4, 0.5) is 11.4 Å². The number of carbonyl (C=O) groups excluding carboxylic acids is 2. The maximum Gasteiger partial charge on any atom is 0.262 e. The Labute approximate surface area is 164 Å². The van der Waals surface area contributed by atoms with E-state index in [2.05, 4.69) is 10.6 Å². The predicted molar refractivity (Wildman–Crippen MR) is 106 cm³/mol. The number of ether oxygens (including phenoxy) is 1. The summed E-state index contributed by atoms with van der Waals surface area (Å²) in [6, 6.07) is 9.91. The Hall–Kier alpha value is -2.87. The average molecular weight is 402 g/mol. The summed E-state index contributed by atoms with van der Waals surface area (Å²) < 4.78 is 31.0. The van der Waals surface area contributed by atoms with Crippen molar-refractivity contribution in [2.24, 2.45) is 0 Å². The molecule has 0 saturated heterocycles. The second-order valence-corrected chi connectivity index (χ2v) is 9.29. The van der Waals surface area contributed by atoms with Gasteiger partial charge in [-0.05, 0) is 50.6 Å². The molecule has 7 nitrogen and oxygen atoms in total. The maximum absolute atomic E-state index is 12.9. The molecule has 0 aliphatic carbocycles.